The van der Waals surface area contributed by atoms with Crippen LogP contribution in [-0.4, -0.2) is 56.7 Å². The second-order valence-corrected chi connectivity index (χ2v) is 9.18. The summed E-state index contributed by atoms with van der Waals surface area (Å²) < 4.78 is 0. The maximum atomic E-state index is 3.46. The summed E-state index contributed by atoms with van der Waals surface area (Å²) in [4.78, 5) is 7.21. The van der Waals surface area contributed by atoms with Crippen LogP contribution in [0.3, 0.4) is 0 Å². The number of nitrogens with zero attached hydrogens (tertiary/aromatic N) is 3. The van der Waals surface area contributed by atoms with E-state index in [1.165, 1.54) is 22.5 Å². The molecule has 4 heteroatoms. The van der Waals surface area contributed by atoms with Crippen molar-refractivity contribution < 1.29 is 0 Å². The largest absolute Gasteiger partial charge is 0.372 e. The third-order valence-electron chi connectivity index (χ3n) is 5.40. The van der Waals surface area contributed by atoms with Gasteiger partial charge in [0.1, 0.15) is 0 Å². The lowest BCUT2D eigenvalue weighted by Gasteiger charge is -2.36. The molecule has 1 fully saturated rings. The molecule has 4 nitrogen and oxygen atoms in total. The van der Waals surface area contributed by atoms with Crippen molar-refractivity contribution in [3.8, 4) is 0 Å². The van der Waals surface area contributed by atoms with Crippen LogP contribution in [0, 0.1) is 0 Å². The fraction of sp³-hybridized carbons (Fsp3) is 0.500. The zero-order chi connectivity index (χ0) is 20.1. The molecule has 0 atom stereocenters. The zero-order valence-electron chi connectivity index (χ0n) is 18.2. The van der Waals surface area contributed by atoms with Crippen LogP contribution < -0.4 is 10.2 Å². The smallest absolute Gasteiger partial charge is 0.0673 e. The minimum Gasteiger partial charge on any atom is -0.372 e. The fourth-order valence-electron chi connectivity index (χ4n) is 3.62. The Labute approximate surface area is 171 Å². The van der Waals surface area contributed by atoms with E-state index in [0.29, 0.717) is 0 Å². The van der Waals surface area contributed by atoms with E-state index in [4.69, 9.17) is 0 Å². The predicted octanol–water partition coefficient (Wildman–Crippen LogP) is 4.24. The average molecular weight is 381 g/mol. The SMILES string of the molecule is CN(C)CNc1cccc(CN2CCN(c3ccc(C(C)(C)C)cc3)CC2)c1. The molecule has 152 valence electrons. The van der Waals surface area contributed by atoms with Gasteiger partial charge < -0.3 is 10.2 Å². The van der Waals surface area contributed by atoms with Gasteiger partial charge in [-0.3, -0.25) is 9.80 Å². The van der Waals surface area contributed by atoms with E-state index in [2.05, 4.69) is 103 Å². The van der Waals surface area contributed by atoms with Crippen molar-refractivity contribution in [1.82, 2.24) is 9.80 Å². The Kier molecular flexibility index (Phi) is 6.63. The normalized spacial score (nSPS) is 15.9. The summed E-state index contributed by atoms with van der Waals surface area (Å²) in [5, 5.41) is 3.46. The predicted molar refractivity (Wildman–Crippen MR) is 121 cm³/mol. The molecule has 0 radical (unpaired) electrons. The van der Waals surface area contributed by atoms with Crippen molar-refractivity contribution in [3.05, 3.63) is 59.7 Å². The Bertz CT molecular complexity index is 738. The molecule has 0 bridgehead atoms. The van der Waals surface area contributed by atoms with Crippen molar-refractivity contribution in [1.29, 1.82) is 0 Å². The minimum atomic E-state index is 0.215. The van der Waals surface area contributed by atoms with Gasteiger partial charge >= 0.3 is 0 Å². The highest BCUT2D eigenvalue weighted by Crippen LogP contribution is 2.25. The molecule has 2 aromatic rings. The molecule has 0 unspecified atom stereocenters. The Morgan fingerprint density at radius 1 is 0.929 bits per heavy atom. The van der Waals surface area contributed by atoms with Crippen molar-refractivity contribution in [3.63, 3.8) is 0 Å². The lowest BCUT2D eigenvalue weighted by Crippen LogP contribution is -2.46. The molecule has 28 heavy (non-hydrogen) atoms. The van der Waals surface area contributed by atoms with Gasteiger partial charge in [0.05, 0.1) is 6.67 Å². The summed E-state index contributed by atoms with van der Waals surface area (Å²) in [6.07, 6.45) is 0. The van der Waals surface area contributed by atoms with E-state index in [1.54, 1.807) is 0 Å². The Morgan fingerprint density at radius 2 is 1.61 bits per heavy atom. The fourth-order valence-corrected chi connectivity index (χ4v) is 3.62. The summed E-state index contributed by atoms with van der Waals surface area (Å²) in [5.74, 6) is 0. The Morgan fingerprint density at radius 3 is 2.21 bits per heavy atom. The van der Waals surface area contributed by atoms with Crippen LogP contribution in [-0.2, 0) is 12.0 Å². The lowest BCUT2D eigenvalue weighted by molar-refractivity contribution is 0.250. The first-order valence-electron chi connectivity index (χ1n) is 10.4. The number of piperazine rings is 1. The summed E-state index contributed by atoms with van der Waals surface area (Å²) in [6.45, 7) is 13.1. The molecular weight excluding hydrogens is 344 g/mol. The highest BCUT2D eigenvalue weighted by Gasteiger charge is 2.19. The maximum absolute atomic E-state index is 3.46. The van der Waals surface area contributed by atoms with E-state index in [9.17, 15) is 0 Å². The van der Waals surface area contributed by atoms with Crippen LogP contribution in [0.1, 0.15) is 31.9 Å². The van der Waals surface area contributed by atoms with Crippen LogP contribution in [0.4, 0.5) is 11.4 Å². The second-order valence-electron chi connectivity index (χ2n) is 9.18. The molecule has 0 amide bonds. The first kappa shape index (κ1) is 20.7. The van der Waals surface area contributed by atoms with E-state index < -0.39 is 0 Å². The molecule has 0 spiro atoms. The molecule has 0 aliphatic carbocycles. The number of hydrogen-bond donors (Lipinski definition) is 1. The van der Waals surface area contributed by atoms with Crippen LogP contribution >= 0.6 is 0 Å². The van der Waals surface area contributed by atoms with Gasteiger partial charge in [0, 0.05) is 44.1 Å². The van der Waals surface area contributed by atoms with Gasteiger partial charge in [0.15, 0.2) is 0 Å². The van der Waals surface area contributed by atoms with Gasteiger partial charge in [0.2, 0.25) is 0 Å². The van der Waals surface area contributed by atoms with Crippen LogP contribution in [0.15, 0.2) is 48.5 Å². The molecule has 1 aliphatic heterocycles. The van der Waals surface area contributed by atoms with Crippen molar-refractivity contribution >= 4 is 11.4 Å². The van der Waals surface area contributed by atoms with Gasteiger partial charge in [-0.2, -0.15) is 0 Å². The third-order valence-corrected chi connectivity index (χ3v) is 5.40. The van der Waals surface area contributed by atoms with Gasteiger partial charge in [-0.05, 0) is 54.9 Å². The van der Waals surface area contributed by atoms with Crippen molar-refractivity contribution in [2.24, 2.45) is 0 Å². The third kappa shape index (κ3) is 5.73. The number of anilines is 2. The molecule has 2 aromatic carbocycles. The molecule has 1 aliphatic rings. The molecule has 3 rings (SSSR count). The van der Waals surface area contributed by atoms with Gasteiger partial charge in [-0.15, -0.1) is 0 Å². The summed E-state index contributed by atoms with van der Waals surface area (Å²) in [5.41, 5.74) is 5.54. The molecule has 1 saturated heterocycles. The highest BCUT2D eigenvalue weighted by molar-refractivity contribution is 5.49. The van der Waals surface area contributed by atoms with E-state index in [-0.39, 0.29) is 5.41 Å². The van der Waals surface area contributed by atoms with Crippen molar-refractivity contribution in [2.75, 3.05) is 57.2 Å². The molecular formula is C24H36N4. The van der Waals surface area contributed by atoms with Crippen LogP contribution in [0.5, 0.6) is 0 Å². The quantitative estimate of drug-likeness (QED) is 0.757. The highest BCUT2D eigenvalue weighted by atomic mass is 15.3. The van der Waals surface area contributed by atoms with E-state index in [0.717, 1.165) is 39.4 Å². The first-order valence-corrected chi connectivity index (χ1v) is 10.4. The average Bonchev–Trinajstić information content (AvgIpc) is 2.67. The number of hydrogen-bond acceptors (Lipinski definition) is 4. The zero-order valence-corrected chi connectivity index (χ0v) is 18.2. The number of benzene rings is 2. The summed E-state index contributed by atoms with van der Waals surface area (Å²) in [7, 11) is 4.15. The number of rotatable bonds is 6. The standard InChI is InChI=1S/C24H36N4/c1-24(2,3)21-9-11-23(12-10-21)28-15-13-27(14-16-28)18-20-7-6-8-22(17-20)25-19-26(4)5/h6-12,17,25H,13-16,18-19H2,1-5H3. The monoisotopic (exact) mass is 380 g/mol. The minimum absolute atomic E-state index is 0.215. The number of nitrogens with one attached hydrogen (secondary N) is 1. The Hall–Kier alpha value is -2.04. The second kappa shape index (κ2) is 8.97. The molecule has 1 heterocycles. The van der Waals surface area contributed by atoms with E-state index in [1.807, 2.05) is 0 Å². The van der Waals surface area contributed by atoms with Gasteiger partial charge in [-0.25, -0.2) is 0 Å². The van der Waals surface area contributed by atoms with Crippen molar-refractivity contribution in [2.45, 2.75) is 32.7 Å². The topological polar surface area (TPSA) is 21.8 Å². The molecule has 1 N–H and O–H groups in total. The van der Waals surface area contributed by atoms with Gasteiger partial charge in [-0.1, -0.05) is 45.0 Å². The summed E-state index contributed by atoms with van der Waals surface area (Å²) in [6, 6.07) is 18.0. The van der Waals surface area contributed by atoms with Crippen LogP contribution in [0.25, 0.3) is 0 Å². The molecule has 0 aromatic heterocycles. The van der Waals surface area contributed by atoms with Crippen LogP contribution in [0.2, 0.25) is 0 Å². The summed E-state index contributed by atoms with van der Waals surface area (Å²) >= 11 is 0. The lowest BCUT2D eigenvalue weighted by atomic mass is 9.87. The van der Waals surface area contributed by atoms with Gasteiger partial charge in [0.25, 0.3) is 0 Å². The molecule has 0 saturated carbocycles. The first-order chi connectivity index (χ1) is 13.3. The maximum Gasteiger partial charge on any atom is 0.0673 e. The van der Waals surface area contributed by atoms with E-state index >= 15 is 0 Å². The Balaban J connectivity index is 1.52.